The Morgan fingerprint density at radius 3 is 2.61 bits per heavy atom. The summed E-state index contributed by atoms with van der Waals surface area (Å²) in [6.45, 7) is 8.51. The van der Waals surface area contributed by atoms with E-state index in [4.69, 9.17) is 4.74 Å². The maximum absolute atomic E-state index is 11.8. The van der Waals surface area contributed by atoms with Crippen molar-refractivity contribution in [2.45, 2.75) is 51.7 Å². The van der Waals surface area contributed by atoms with Gasteiger partial charge in [0.05, 0.1) is 5.60 Å². The highest BCUT2D eigenvalue weighted by molar-refractivity contribution is 5.77. The van der Waals surface area contributed by atoms with Gasteiger partial charge in [-0.15, -0.1) is 0 Å². The molecule has 1 heterocycles. The fraction of sp³-hybridized carbons (Fsp3) is 0.929. The van der Waals surface area contributed by atoms with Gasteiger partial charge in [-0.2, -0.15) is 0 Å². The van der Waals surface area contributed by atoms with Crippen LogP contribution in [0.3, 0.4) is 0 Å². The second-order valence-corrected chi connectivity index (χ2v) is 6.37. The van der Waals surface area contributed by atoms with Crippen molar-refractivity contribution in [3.63, 3.8) is 0 Å². The molecule has 1 saturated carbocycles. The van der Waals surface area contributed by atoms with Gasteiger partial charge in [-0.25, -0.2) is 0 Å². The van der Waals surface area contributed by atoms with Gasteiger partial charge in [-0.05, 0) is 38.0 Å². The molecule has 1 amide bonds. The third kappa shape index (κ3) is 3.45. The van der Waals surface area contributed by atoms with E-state index in [1.165, 1.54) is 6.42 Å². The Kier molecular flexibility index (Phi) is 4.28. The van der Waals surface area contributed by atoms with E-state index in [0.29, 0.717) is 12.0 Å². The first-order valence-corrected chi connectivity index (χ1v) is 7.12. The van der Waals surface area contributed by atoms with Crippen LogP contribution in [0.15, 0.2) is 0 Å². The van der Waals surface area contributed by atoms with Gasteiger partial charge >= 0.3 is 0 Å². The number of nitrogens with one attached hydrogen (secondary N) is 2. The molecule has 1 saturated heterocycles. The molecule has 2 fully saturated rings. The topological polar surface area (TPSA) is 50.4 Å². The van der Waals surface area contributed by atoms with Gasteiger partial charge in [0.2, 0.25) is 5.91 Å². The molecule has 0 bridgehead atoms. The quantitative estimate of drug-likeness (QED) is 0.795. The molecule has 104 valence electrons. The van der Waals surface area contributed by atoms with Crippen LogP contribution in [-0.4, -0.2) is 37.2 Å². The summed E-state index contributed by atoms with van der Waals surface area (Å²) in [5, 5.41) is 6.27. The van der Waals surface area contributed by atoms with Gasteiger partial charge in [0.1, 0.15) is 6.61 Å². The van der Waals surface area contributed by atoms with Gasteiger partial charge < -0.3 is 15.4 Å². The fourth-order valence-corrected chi connectivity index (χ4v) is 2.77. The van der Waals surface area contributed by atoms with Crippen molar-refractivity contribution in [2.24, 2.45) is 11.8 Å². The summed E-state index contributed by atoms with van der Waals surface area (Å²) < 4.78 is 5.64. The van der Waals surface area contributed by atoms with Crippen molar-refractivity contribution in [1.82, 2.24) is 10.6 Å². The van der Waals surface area contributed by atoms with Crippen LogP contribution in [0.1, 0.15) is 40.0 Å². The lowest BCUT2D eigenvalue weighted by Gasteiger charge is -2.39. The molecular weight excluding hydrogens is 228 g/mol. The number of rotatable bonds is 4. The zero-order chi connectivity index (χ0) is 13.2. The van der Waals surface area contributed by atoms with Crippen molar-refractivity contribution in [3.05, 3.63) is 0 Å². The average molecular weight is 254 g/mol. The smallest absolute Gasteiger partial charge is 0.246 e. The zero-order valence-electron chi connectivity index (χ0n) is 11.8. The Balaban J connectivity index is 1.67. The summed E-state index contributed by atoms with van der Waals surface area (Å²) in [4.78, 5) is 11.8. The van der Waals surface area contributed by atoms with Crippen LogP contribution in [-0.2, 0) is 9.53 Å². The van der Waals surface area contributed by atoms with Crippen molar-refractivity contribution < 1.29 is 9.53 Å². The molecule has 3 atom stereocenters. The minimum Gasteiger partial charge on any atom is -0.363 e. The SMILES string of the molecule is CC1CCC(NC(=O)COC2(C)CNC2)CC1C. The Bertz CT molecular complexity index is 302. The Hall–Kier alpha value is -0.610. The molecule has 1 aliphatic carbocycles. The standard InChI is InChI=1S/C14H26N2O2/c1-10-4-5-12(6-11(10)2)16-13(17)7-18-14(3)8-15-9-14/h10-12,15H,4-9H2,1-3H3,(H,16,17). The first-order chi connectivity index (χ1) is 8.48. The maximum atomic E-state index is 11.8. The highest BCUT2D eigenvalue weighted by atomic mass is 16.5. The van der Waals surface area contributed by atoms with E-state index in [0.717, 1.165) is 31.8 Å². The molecule has 1 aliphatic heterocycles. The molecular formula is C14H26N2O2. The van der Waals surface area contributed by atoms with E-state index in [1.54, 1.807) is 0 Å². The molecule has 4 heteroatoms. The van der Waals surface area contributed by atoms with Gasteiger partial charge in [0.15, 0.2) is 0 Å². The zero-order valence-corrected chi connectivity index (χ0v) is 11.8. The Labute approximate surface area is 110 Å². The summed E-state index contributed by atoms with van der Waals surface area (Å²) in [7, 11) is 0. The molecule has 0 aromatic carbocycles. The number of carbonyl (C=O) groups is 1. The molecule has 0 radical (unpaired) electrons. The van der Waals surface area contributed by atoms with E-state index in [-0.39, 0.29) is 18.1 Å². The van der Waals surface area contributed by atoms with E-state index in [2.05, 4.69) is 24.5 Å². The third-order valence-electron chi connectivity index (χ3n) is 4.51. The molecule has 3 unspecified atom stereocenters. The molecule has 0 aromatic heterocycles. The molecule has 0 spiro atoms. The molecule has 18 heavy (non-hydrogen) atoms. The lowest BCUT2D eigenvalue weighted by Crippen LogP contribution is -2.59. The van der Waals surface area contributed by atoms with Gasteiger partial charge in [0, 0.05) is 19.1 Å². The summed E-state index contributed by atoms with van der Waals surface area (Å²) >= 11 is 0. The molecule has 0 aromatic rings. The fourth-order valence-electron chi connectivity index (χ4n) is 2.77. The average Bonchev–Trinajstić information content (AvgIpc) is 2.29. The van der Waals surface area contributed by atoms with E-state index in [9.17, 15) is 4.79 Å². The molecule has 2 aliphatic rings. The molecule has 2 N–H and O–H groups in total. The number of hydrogen-bond donors (Lipinski definition) is 2. The predicted octanol–water partition coefficient (Wildman–Crippen LogP) is 1.31. The summed E-state index contributed by atoms with van der Waals surface area (Å²) in [6.07, 6.45) is 3.43. The third-order valence-corrected chi connectivity index (χ3v) is 4.51. The van der Waals surface area contributed by atoms with Crippen molar-refractivity contribution >= 4 is 5.91 Å². The number of carbonyl (C=O) groups excluding carboxylic acids is 1. The van der Waals surface area contributed by atoms with Crippen LogP contribution in [0.4, 0.5) is 0 Å². The van der Waals surface area contributed by atoms with Gasteiger partial charge in [0.25, 0.3) is 0 Å². The lowest BCUT2D eigenvalue weighted by molar-refractivity contribution is -0.136. The van der Waals surface area contributed by atoms with Crippen molar-refractivity contribution in [3.8, 4) is 0 Å². The normalized spacial score (nSPS) is 34.7. The van der Waals surface area contributed by atoms with Crippen LogP contribution < -0.4 is 10.6 Å². The summed E-state index contributed by atoms with van der Waals surface area (Å²) in [5.74, 6) is 1.53. The summed E-state index contributed by atoms with van der Waals surface area (Å²) in [6, 6.07) is 0.347. The van der Waals surface area contributed by atoms with Crippen LogP contribution in [0, 0.1) is 11.8 Å². The maximum Gasteiger partial charge on any atom is 0.246 e. The number of hydrogen-bond acceptors (Lipinski definition) is 3. The monoisotopic (exact) mass is 254 g/mol. The van der Waals surface area contributed by atoms with Crippen molar-refractivity contribution in [2.75, 3.05) is 19.7 Å². The Morgan fingerprint density at radius 1 is 1.33 bits per heavy atom. The largest absolute Gasteiger partial charge is 0.363 e. The van der Waals surface area contributed by atoms with Crippen LogP contribution in [0.2, 0.25) is 0 Å². The first-order valence-electron chi connectivity index (χ1n) is 7.12. The van der Waals surface area contributed by atoms with Gasteiger partial charge in [-0.3, -0.25) is 4.79 Å². The molecule has 4 nitrogen and oxygen atoms in total. The summed E-state index contributed by atoms with van der Waals surface area (Å²) in [5.41, 5.74) is -0.133. The predicted molar refractivity (Wildman–Crippen MR) is 71.3 cm³/mol. The highest BCUT2D eigenvalue weighted by Crippen LogP contribution is 2.29. The highest BCUT2D eigenvalue weighted by Gasteiger charge is 2.33. The molecule has 2 rings (SSSR count). The second kappa shape index (κ2) is 5.57. The minimum atomic E-state index is -0.133. The lowest BCUT2D eigenvalue weighted by atomic mass is 9.79. The first kappa shape index (κ1) is 13.8. The van der Waals surface area contributed by atoms with E-state index in [1.807, 2.05) is 6.92 Å². The Morgan fingerprint density at radius 2 is 2.06 bits per heavy atom. The van der Waals surface area contributed by atoms with Crippen LogP contribution in [0.5, 0.6) is 0 Å². The van der Waals surface area contributed by atoms with Crippen LogP contribution >= 0.6 is 0 Å². The van der Waals surface area contributed by atoms with E-state index < -0.39 is 0 Å². The minimum absolute atomic E-state index is 0.0369. The number of ether oxygens (including phenoxy) is 1. The van der Waals surface area contributed by atoms with Gasteiger partial charge in [-0.1, -0.05) is 13.8 Å². The van der Waals surface area contributed by atoms with E-state index >= 15 is 0 Å². The van der Waals surface area contributed by atoms with Crippen LogP contribution in [0.25, 0.3) is 0 Å². The second-order valence-electron chi connectivity index (χ2n) is 6.37. The number of amides is 1. The van der Waals surface area contributed by atoms with Crippen molar-refractivity contribution in [1.29, 1.82) is 0 Å².